The number of hydrogen-bond acceptors (Lipinski definition) is 8. The van der Waals surface area contributed by atoms with Gasteiger partial charge in [0.05, 0.1) is 19.0 Å². The van der Waals surface area contributed by atoms with Crippen molar-refractivity contribution < 1.29 is 39.0 Å². The summed E-state index contributed by atoms with van der Waals surface area (Å²) in [5, 5.41) is 25.0. The predicted octanol–water partition coefficient (Wildman–Crippen LogP) is -3.43. The fourth-order valence-electron chi connectivity index (χ4n) is 2.75. The fourth-order valence-corrected chi connectivity index (χ4v) is 2.75. The smallest absolute Gasteiger partial charge is 0.326 e. The van der Waals surface area contributed by atoms with E-state index in [0.717, 1.165) is 0 Å². The first-order chi connectivity index (χ1) is 15.9. The molecule has 3 atom stereocenters. The van der Waals surface area contributed by atoms with Crippen molar-refractivity contribution in [2.75, 3.05) is 6.54 Å². The Labute approximate surface area is 194 Å². The molecule has 0 heterocycles. The van der Waals surface area contributed by atoms with E-state index in [2.05, 4.69) is 16.0 Å². The summed E-state index contributed by atoms with van der Waals surface area (Å²) in [4.78, 5) is 70.1. The van der Waals surface area contributed by atoms with Crippen molar-refractivity contribution in [3.05, 3.63) is 29.8 Å². The number of benzene rings is 1. The van der Waals surface area contributed by atoms with Gasteiger partial charge in [-0.05, 0) is 30.5 Å². The van der Waals surface area contributed by atoms with Crippen LogP contribution in [-0.2, 0) is 35.2 Å². The lowest BCUT2D eigenvalue weighted by Crippen LogP contribution is -2.54. The van der Waals surface area contributed by atoms with Crippen molar-refractivity contribution in [3.63, 3.8) is 0 Å². The molecule has 0 radical (unpaired) electrons. The molecule has 0 aromatic heterocycles. The van der Waals surface area contributed by atoms with E-state index < -0.39 is 66.6 Å². The Morgan fingerprint density at radius 1 is 0.882 bits per heavy atom. The molecule has 1 aromatic carbocycles. The van der Waals surface area contributed by atoms with Gasteiger partial charge in [-0.2, -0.15) is 0 Å². The van der Waals surface area contributed by atoms with Gasteiger partial charge in [-0.25, -0.2) is 4.79 Å². The van der Waals surface area contributed by atoms with E-state index in [0.29, 0.717) is 5.56 Å². The number of phenols is 1. The molecule has 1 rings (SSSR count). The average Bonchev–Trinajstić information content (AvgIpc) is 2.75. The number of phenolic OH excluding ortho intramolecular Hbond substituents is 1. The van der Waals surface area contributed by atoms with Crippen molar-refractivity contribution in [1.82, 2.24) is 16.0 Å². The molecule has 0 aliphatic rings. The molecule has 1 aromatic rings. The van der Waals surface area contributed by atoms with E-state index in [4.69, 9.17) is 22.3 Å². The average molecular weight is 480 g/mol. The van der Waals surface area contributed by atoms with E-state index in [-0.39, 0.29) is 25.0 Å². The molecule has 0 bridgehead atoms. The summed E-state index contributed by atoms with van der Waals surface area (Å²) < 4.78 is 0. The van der Waals surface area contributed by atoms with Crippen LogP contribution in [0.2, 0.25) is 0 Å². The number of nitrogens with one attached hydrogen (secondary N) is 3. The van der Waals surface area contributed by atoms with E-state index in [1.165, 1.54) is 12.1 Å². The molecule has 14 heteroatoms. The number of carboxylic acids is 1. The highest BCUT2D eigenvalue weighted by Gasteiger charge is 2.27. The van der Waals surface area contributed by atoms with Gasteiger partial charge in [0.25, 0.3) is 0 Å². The molecule has 34 heavy (non-hydrogen) atoms. The van der Waals surface area contributed by atoms with Crippen LogP contribution in [0.1, 0.15) is 24.8 Å². The normalized spacial score (nSPS) is 13.1. The Bertz CT molecular complexity index is 920. The van der Waals surface area contributed by atoms with Crippen LogP contribution in [0.25, 0.3) is 0 Å². The Balaban J connectivity index is 2.68. The molecule has 0 aliphatic heterocycles. The van der Waals surface area contributed by atoms with Crippen LogP contribution < -0.4 is 33.2 Å². The Hall–Kier alpha value is -4.20. The van der Waals surface area contributed by atoms with Crippen LogP contribution >= 0.6 is 0 Å². The van der Waals surface area contributed by atoms with Crippen LogP contribution in [0.4, 0.5) is 0 Å². The van der Waals surface area contributed by atoms with Gasteiger partial charge in [0.1, 0.15) is 17.8 Å². The van der Waals surface area contributed by atoms with E-state index in [1.807, 2.05) is 0 Å². The summed E-state index contributed by atoms with van der Waals surface area (Å²) in [5.74, 6) is -5.61. The molecule has 186 valence electrons. The molecule has 14 nitrogen and oxygen atoms in total. The minimum atomic E-state index is -1.44. The van der Waals surface area contributed by atoms with Gasteiger partial charge in [0, 0.05) is 6.42 Å². The van der Waals surface area contributed by atoms with E-state index >= 15 is 0 Å². The van der Waals surface area contributed by atoms with Gasteiger partial charge in [0.2, 0.25) is 29.5 Å². The lowest BCUT2D eigenvalue weighted by molar-refractivity contribution is -0.142. The number of carbonyl (C=O) groups excluding carboxylic acids is 5. The van der Waals surface area contributed by atoms with Crippen LogP contribution in [0.15, 0.2) is 24.3 Å². The molecule has 0 aliphatic carbocycles. The fraction of sp³-hybridized carbons (Fsp3) is 0.400. The third-order valence-electron chi connectivity index (χ3n) is 4.50. The first kappa shape index (κ1) is 27.8. The maximum Gasteiger partial charge on any atom is 0.326 e. The van der Waals surface area contributed by atoms with Crippen LogP contribution in [-0.4, -0.2) is 70.4 Å². The van der Waals surface area contributed by atoms with Crippen molar-refractivity contribution in [1.29, 1.82) is 0 Å². The third-order valence-corrected chi connectivity index (χ3v) is 4.50. The Morgan fingerprint density at radius 2 is 1.50 bits per heavy atom. The standard InChI is InChI=1S/C20H28N6O8/c21-12(7-10-1-3-11(27)4-2-10)18(31)26-14(8-16(23)29)19(32)24-9-17(30)25-13(20(33)34)5-6-15(22)28/h1-4,12-14,27H,5-9,21H2,(H2,22,28)(H2,23,29)(H,24,32)(H,25,30)(H,26,31)(H,33,34). The zero-order chi connectivity index (χ0) is 25.8. The molecule has 3 unspecified atom stereocenters. The van der Waals surface area contributed by atoms with Crippen molar-refractivity contribution >= 4 is 35.5 Å². The Morgan fingerprint density at radius 3 is 2.03 bits per heavy atom. The van der Waals surface area contributed by atoms with Gasteiger partial charge >= 0.3 is 5.97 Å². The van der Waals surface area contributed by atoms with Crippen molar-refractivity contribution in [2.45, 2.75) is 43.8 Å². The molecule has 0 saturated heterocycles. The van der Waals surface area contributed by atoms with Crippen molar-refractivity contribution in [2.24, 2.45) is 17.2 Å². The number of hydrogen-bond donors (Lipinski definition) is 8. The SMILES string of the molecule is NC(=O)CCC(NC(=O)CNC(=O)C(CC(N)=O)NC(=O)C(N)Cc1ccc(O)cc1)C(=O)O. The van der Waals surface area contributed by atoms with Gasteiger partial charge in [-0.15, -0.1) is 0 Å². The number of rotatable bonds is 14. The third kappa shape index (κ3) is 10.4. The number of carbonyl (C=O) groups is 6. The lowest BCUT2D eigenvalue weighted by Gasteiger charge is -2.20. The number of amides is 5. The molecule has 0 spiro atoms. The minimum Gasteiger partial charge on any atom is -0.508 e. The largest absolute Gasteiger partial charge is 0.508 e. The second-order valence-electron chi connectivity index (χ2n) is 7.39. The van der Waals surface area contributed by atoms with E-state index in [9.17, 15) is 33.9 Å². The maximum atomic E-state index is 12.4. The Kier molecular flexibility index (Phi) is 10.9. The minimum absolute atomic E-state index is 0.0338. The molecule has 0 saturated carbocycles. The summed E-state index contributed by atoms with van der Waals surface area (Å²) in [5.41, 5.74) is 16.6. The molecular weight excluding hydrogens is 452 g/mol. The van der Waals surface area contributed by atoms with Crippen LogP contribution in [0.5, 0.6) is 5.75 Å². The van der Waals surface area contributed by atoms with E-state index in [1.54, 1.807) is 12.1 Å². The summed E-state index contributed by atoms with van der Waals surface area (Å²) in [6.07, 6.45) is -1.03. The molecule has 5 amide bonds. The maximum absolute atomic E-state index is 12.4. The summed E-state index contributed by atoms with van der Waals surface area (Å²) >= 11 is 0. The monoisotopic (exact) mass is 480 g/mol. The zero-order valence-electron chi connectivity index (χ0n) is 18.2. The molecular formula is C20H28N6O8. The van der Waals surface area contributed by atoms with Gasteiger partial charge < -0.3 is 43.4 Å². The number of primary amides is 2. The molecule has 11 N–H and O–H groups in total. The molecule has 0 fully saturated rings. The first-order valence-electron chi connectivity index (χ1n) is 10.1. The van der Waals surface area contributed by atoms with Gasteiger partial charge in [0.15, 0.2) is 0 Å². The summed E-state index contributed by atoms with van der Waals surface area (Å²) in [6.45, 7) is -0.677. The van der Waals surface area contributed by atoms with Crippen molar-refractivity contribution in [3.8, 4) is 5.75 Å². The van der Waals surface area contributed by atoms with Gasteiger partial charge in [-0.1, -0.05) is 12.1 Å². The van der Waals surface area contributed by atoms with Gasteiger partial charge in [-0.3, -0.25) is 24.0 Å². The summed E-state index contributed by atoms with van der Waals surface area (Å²) in [7, 11) is 0. The topological polar surface area (TPSA) is 257 Å². The highest BCUT2D eigenvalue weighted by Crippen LogP contribution is 2.11. The predicted molar refractivity (Wildman–Crippen MR) is 117 cm³/mol. The highest BCUT2D eigenvalue weighted by molar-refractivity contribution is 5.95. The first-order valence-corrected chi connectivity index (χ1v) is 10.1. The quantitative estimate of drug-likeness (QED) is 0.132. The lowest BCUT2D eigenvalue weighted by atomic mass is 10.0. The van der Waals surface area contributed by atoms with Crippen LogP contribution in [0, 0.1) is 0 Å². The highest BCUT2D eigenvalue weighted by atomic mass is 16.4. The number of nitrogens with two attached hydrogens (primary N) is 3. The second kappa shape index (κ2) is 13.4. The second-order valence-corrected chi connectivity index (χ2v) is 7.39. The number of aliphatic carboxylic acids is 1. The van der Waals surface area contributed by atoms with Crippen LogP contribution in [0.3, 0.4) is 0 Å². The number of aromatic hydroxyl groups is 1. The number of carboxylic acid groups (broad SMARTS) is 1. The summed E-state index contributed by atoms with van der Waals surface area (Å²) in [6, 6.07) is 2.00. The zero-order valence-corrected chi connectivity index (χ0v) is 18.2.